The molecule has 7 aromatic carbocycles. The van der Waals surface area contributed by atoms with Crippen molar-refractivity contribution in [1.29, 1.82) is 0 Å². The van der Waals surface area contributed by atoms with E-state index in [-0.39, 0.29) is 44.8 Å². The number of hydrogen-bond donors (Lipinski definition) is 0. The fourth-order valence-corrected chi connectivity index (χ4v) is 19.0. The second kappa shape index (κ2) is 28.5. The molecule has 11 nitrogen and oxygen atoms in total. The van der Waals surface area contributed by atoms with Gasteiger partial charge in [-0.05, 0) is 84.6 Å². The first-order valence-electron chi connectivity index (χ1n) is 21.5. The molecule has 8 rings (SSSR count). The van der Waals surface area contributed by atoms with E-state index in [4.69, 9.17) is 22.4 Å². The molecule has 19 heteroatoms. The van der Waals surface area contributed by atoms with Gasteiger partial charge in [0.25, 0.3) is 0 Å². The van der Waals surface area contributed by atoms with E-state index in [9.17, 15) is 28.0 Å². The summed E-state index contributed by atoms with van der Waals surface area (Å²) in [5.41, 5.74) is 0. The van der Waals surface area contributed by atoms with Gasteiger partial charge in [-0.2, -0.15) is 11.8 Å². The summed E-state index contributed by atoms with van der Waals surface area (Å²) in [5, 5.41) is 5.74. The molecule has 0 atom stereocenters. The van der Waals surface area contributed by atoms with Crippen LogP contribution < -0.4 is 79.3 Å². The molecule has 7 aromatic rings. The number of hydrogen-bond acceptors (Lipinski definition) is 12. The average molecular weight is 1460 g/mol. The Bertz CT molecular complexity index is 2320. The normalized spacial score (nSPS) is 13.4. The van der Waals surface area contributed by atoms with E-state index < -0.39 is 42.1 Å². The van der Waals surface area contributed by atoms with Crippen molar-refractivity contribution in [2.45, 2.75) is 12.8 Å². The predicted molar refractivity (Wildman–Crippen MR) is 273 cm³/mol. The third-order valence-electron chi connectivity index (χ3n) is 10.7. The summed E-state index contributed by atoms with van der Waals surface area (Å²) in [5.74, 6) is 5.43. The predicted octanol–water partition coefficient (Wildman–Crippen LogP) is 4.18. The van der Waals surface area contributed by atoms with E-state index in [2.05, 4.69) is 74.8 Å². The topological polar surface area (TPSA) is 185 Å². The van der Waals surface area contributed by atoms with Crippen LogP contribution in [0.5, 0.6) is 17.2 Å². The molecule has 1 fully saturated rings. The zero-order chi connectivity index (χ0) is 50.9. The third kappa shape index (κ3) is 18.0. The molecule has 0 unspecified atom stereocenters. The quantitative estimate of drug-likeness (QED) is 0.0862. The standard InChI is InChI=1S/C21H21O3P.2C14H14ClO4P.C4H8S.2Au/c1-22-16-4-10-19(11-5-16)25(20-12-6-17(23-2)7-13-20)21-14-8-18(24-3)9-15-21;2*1-20(2,19-15(16,17)18,13-9-5-3-6-10-13)14-11-7-4-8-12-14;1-2-4-5-3-1;;/h4-15H,1-3H3;2*3-12H,1-2H2;1-4H2;;/q;2*-2;;;. The summed E-state index contributed by atoms with van der Waals surface area (Å²) < 4.78 is 92.5. The second-order valence-electron chi connectivity index (χ2n) is 15.8. The monoisotopic (exact) mass is 1460 g/mol. The molecule has 72 heavy (non-hydrogen) atoms. The zero-order valence-electron chi connectivity index (χ0n) is 39.7. The molecular formula is C53H57Au2Cl2O11P3S-4. The third-order valence-corrected chi connectivity index (χ3v) is 24.4. The first-order valence-corrected chi connectivity index (χ1v) is 31.5. The maximum absolute atomic E-state index is 11.1. The summed E-state index contributed by atoms with van der Waals surface area (Å²) in [6.45, 7) is 7.67. The van der Waals surface area contributed by atoms with Crippen molar-refractivity contribution in [1.82, 2.24) is 0 Å². The van der Waals surface area contributed by atoms with Crippen molar-refractivity contribution in [3.8, 4) is 17.2 Å². The van der Waals surface area contributed by atoms with Crippen LogP contribution in [0.4, 0.5) is 0 Å². The summed E-state index contributed by atoms with van der Waals surface area (Å²) in [6.07, 6.45) is 2.93. The van der Waals surface area contributed by atoms with Crippen LogP contribution in [0, 0.1) is 47.1 Å². The maximum atomic E-state index is 11.1. The Labute approximate surface area is 465 Å². The van der Waals surface area contributed by atoms with Gasteiger partial charge >= 0.3 is 239 Å². The van der Waals surface area contributed by atoms with Gasteiger partial charge in [0.1, 0.15) is 17.2 Å². The Morgan fingerprint density at radius 1 is 0.389 bits per heavy atom. The Balaban J connectivity index is 0.000000270. The van der Waals surface area contributed by atoms with E-state index in [0.29, 0.717) is 21.2 Å². The first-order chi connectivity index (χ1) is 33.2. The van der Waals surface area contributed by atoms with E-state index >= 15 is 0 Å². The number of rotatable bonds is 14. The molecular weight excluding hydrogens is 1400 g/mol. The zero-order valence-corrected chi connectivity index (χ0v) is 49.1. The molecule has 0 spiro atoms. The van der Waals surface area contributed by atoms with Gasteiger partial charge in [-0.15, -0.1) is 0 Å². The molecule has 1 aliphatic rings. The summed E-state index contributed by atoms with van der Waals surface area (Å²) >= 11 is 2.07. The van der Waals surface area contributed by atoms with E-state index in [0.717, 1.165) is 17.2 Å². The molecule has 2 radical (unpaired) electrons. The molecule has 0 N–H and O–H groups in total. The van der Waals surface area contributed by atoms with Gasteiger partial charge in [-0.1, -0.05) is 36.4 Å². The van der Waals surface area contributed by atoms with Crippen LogP contribution in [-0.4, -0.2) is 32.8 Å². The Hall–Kier alpha value is -2.68. The molecule has 396 valence electrons. The molecule has 0 bridgehead atoms. The molecule has 1 aliphatic heterocycles. The van der Waals surface area contributed by atoms with Gasteiger partial charge in [-0.25, -0.2) is 0 Å². The molecule has 0 amide bonds. The molecule has 0 aliphatic carbocycles. The minimum absolute atomic E-state index is 0. The van der Waals surface area contributed by atoms with Crippen molar-refractivity contribution >= 4 is 70.5 Å². The minimum atomic E-state index is -4.66. The fourth-order valence-electron chi connectivity index (χ4n) is 7.11. The molecule has 0 saturated carbocycles. The second-order valence-corrected chi connectivity index (χ2v) is 29.6. The van der Waals surface area contributed by atoms with Crippen LogP contribution in [0.2, 0.25) is 0 Å². The van der Waals surface area contributed by atoms with Crippen molar-refractivity contribution in [2.75, 3.05) is 32.8 Å². The Morgan fingerprint density at radius 2 is 0.611 bits per heavy atom. The van der Waals surface area contributed by atoms with Gasteiger partial charge in [0, 0.05) is 44.8 Å². The SMILES string of the molecule is C1CCSC1.COc1ccc(P(c2ccc(OC)cc2)c2ccc(OC)cc2)cc1.[Au].[Au].[CH2-]P([CH2-])(O[Cl+3]([O-])([O-])[O-])(c1ccccc1)c1ccccc1.[CH2-]P([CH2-])(O[Cl+3]([O-])([O-])[O-])(c1ccccc1)c1ccccc1. The van der Waals surface area contributed by atoms with Crippen molar-refractivity contribution in [3.63, 3.8) is 0 Å². The van der Waals surface area contributed by atoms with E-state index in [1.807, 2.05) is 36.4 Å². The van der Waals surface area contributed by atoms with Gasteiger partial charge in [0.2, 0.25) is 0 Å². The summed E-state index contributed by atoms with van der Waals surface area (Å²) in [4.78, 5) is 0. The number of ether oxygens (including phenoxy) is 3. The van der Waals surface area contributed by atoms with Gasteiger partial charge in [0.15, 0.2) is 0 Å². The van der Waals surface area contributed by atoms with Crippen LogP contribution in [0.1, 0.15) is 12.8 Å². The number of methoxy groups -OCH3 is 3. The van der Waals surface area contributed by atoms with Crippen LogP contribution in [0.25, 0.3) is 0 Å². The van der Waals surface area contributed by atoms with Gasteiger partial charge in [0.05, 0.1) is 21.3 Å². The Morgan fingerprint density at radius 3 is 0.778 bits per heavy atom. The molecule has 0 aromatic heterocycles. The van der Waals surface area contributed by atoms with Crippen molar-refractivity contribution < 1.29 is 116 Å². The van der Waals surface area contributed by atoms with Crippen molar-refractivity contribution in [3.05, 3.63) is 221 Å². The number of benzene rings is 7. The van der Waals surface area contributed by atoms with Crippen LogP contribution in [0.3, 0.4) is 0 Å². The van der Waals surface area contributed by atoms with Crippen LogP contribution in [-0.2, 0) is 52.9 Å². The van der Waals surface area contributed by atoms with Crippen LogP contribution in [0.15, 0.2) is 194 Å². The average Bonchev–Trinajstić information content (AvgIpc) is 3.96. The first kappa shape index (κ1) is 63.6. The molecule has 1 heterocycles. The summed E-state index contributed by atoms with van der Waals surface area (Å²) in [6, 6.07) is 59.0. The number of thioether (sulfide) groups is 1. The summed E-state index contributed by atoms with van der Waals surface area (Å²) in [7, 11) is -4.92. The van der Waals surface area contributed by atoms with E-state index in [1.54, 1.807) is 143 Å². The van der Waals surface area contributed by atoms with Crippen molar-refractivity contribution in [2.24, 2.45) is 0 Å². The van der Waals surface area contributed by atoms with Crippen LogP contribution >= 0.6 is 33.3 Å². The molecule has 1 saturated heterocycles. The number of halogens is 2. The fraction of sp³-hybridized carbons (Fsp3) is 0.132. The van der Waals surface area contributed by atoms with Gasteiger partial charge < -0.3 is 14.2 Å². The van der Waals surface area contributed by atoms with E-state index in [1.165, 1.54) is 40.3 Å². The Kier molecular flexibility index (Phi) is 25.1. The van der Waals surface area contributed by atoms with Gasteiger partial charge in [-0.3, -0.25) is 0 Å².